The molecular formula is C18H30N4O7S. The zero-order chi connectivity index (χ0) is 23.4. The molecule has 0 aromatic rings. The third-order valence-corrected chi connectivity index (χ3v) is 6.22. The van der Waals surface area contributed by atoms with Gasteiger partial charge in [0, 0.05) is 9.49 Å². The molecule has 0 radical (unpaired) electrons. The monoisotopic (exact) mass is 446 g/mol. The molecule has 0 aromatic carbocycles. The number of hydrogen-bond donors (Lipinski definition) is 6. The fourth-order valence-electron chi connectivity index (χ4n) is 3.51. The van der Waals surface area contributed by atoms with Crippen LogP contribution in [0.25, 0.3) is 0 Å². The molecule has 0 saturated carbocycles. The quantitative estimate of drug-likeness (QED) is 0.246. The summed E-state index contributed by atoms with van der Waals surface area (Å²) < 4.78 is -0.355. The van der Waals surface area contributed by atoms with Crippen LogP contribution in [0.4, 0.5) is 0 Å². The van der Waals surface area contributed by atoms with Gasteiger partial charge in [0.05, 0.1) is 24.9 Å². The Balaban J connectivity index is 2.75. The van der Waals surface area contributed by atoms with Crippen LogP contribution in [0.3, 0.4) is 0 Å². The maximum Gasteiger partial charge on any atom is 0.305 e. The number of hydrogen-bond acceptors (Lipinski definition) is 7. The van der Waals surface area contributed by atoms with E-state index >= 15 is 0 Å². The molecule has 30 heavy (non-hydrogen) atoms. The number of carbonyl (C=O) groups is 5. The second-order valence-corrected chi connectivity index (χ2v) is 10.7. The molecule has 1 aliphatic rings. The second-order valence-electron chi connectivity index (χ2n) is 8.34. The molecule has 1 heterocycles. The van der Waals surface area contributed by atoms with Gasteiger partial charge in [0.2, 0.25) is 17.7 Å². The highest BCUT2D eigenvalue weighted by Gasteiger charge is 2.54. The predicted molar refractivity (Wildman–Crippen MR) is 110 cm³/mol. The van der Waals surface area contributed by atoms with Gasteiger partial charge in [-0.2, -0.15) is 0 Å². The fourth-order valence-corrected chi connectivity index (χ4v) is 5.63. The molecule has 3 atom stereocenters. The van der Waals surface area contributed by atoms with E-state index in [1.54, 1.807) is 11.8 Å². The molecule has 1 saturated heterocycles. The van der Waals surface area contributed by atoms with E-state index in [1.807, 2.05) is 27.7 Å². The fraction of sp³-hybridized carbons (Fsp3) is 0.722. The smallest absolute Gasteiger partial charge is 0.305 e. The molecular weight excluding hydrogens is 416 g/mol. The second kappa shape index (κ2) is 9.65. The molecule has 1 fully saturated rings. The van der Waals surface area contributed by atoms with Gasteiger partial charge in [-0.3, -0.25) is 24.0 Å². The van der Waals surface area contributed by atoms with Crippen molar-refractivity contribution in [3.05, 3.63) is 0 Å². The van der Waals surface area contributed by atoms with Gasteiger partial charge in [0.25, 0.3) is 0 Å². The number of thioether (sulfide) groups is 1. The molecule has 0 aliphatic carbocycles. The molecule has 0 unspecified atom stereocenters. The molecule has 1 rings (SSSR count). The van der Waals surface area contributed by atoms with Crippen molar-refractivity contribution in [2.75, 3.05) is 0 Å². The van der Waals surface area contributed by atoms with Crippen LogP contribution in [0.15, 0.2) is 0 Å². The van der Waals surface area contributed by atoms with Crippen molar-refractivity contribution in [3.63, 3.8) is 0 Å². The van der Waals surface area contributed by atoms with Crippen LogP contribution >= 0.6 is 11.8 Å². The number of nitrogens with two attached hydrogens (primary N) is 1. The average molecular weight is 447 g/mol. The summed E-state index contributed by atoms with van der Waals surface area (Å²) in [6, 6.07) is -4.09. The van der Waals surface area contributed by atoms with E-state index < -0.39 is 60.6 Å². The van der Waals surface area contributed by atoms with Gasteiger partial charge in [-0.1, -0.05) is 0 Å². The first-order valence-electron chi connectivity index (χ1n) is 9.37. The van der Waals surface area contributed by atoms with E-state index in [9.17, 15) is 24.0 Å². The summed E-state index contributed by atoms with van der Waals surface area (Å²) in [7, 11) is 0. The first kappa shape index (κ1) is 25.7. The topological polar surface area (TPSA) is 188 Å². The van der Waals surface area contributed by atoms with Gasteiger partial charge in [-0.25, -0.2) is 0 Å². The Hall–Kier alpha value is -2.34. The highest BCUT2D eigenvalue weighted by Crippen LogP contribution is 2.54. The summed E-state index contributed by atoms with van der Waals surface area (Å²) >= 11 is 1.72. The van der Waals surface area contributed by atoms with Crippen LogP contribution in [0, 0.1) is 0 Å². The highest BCUT2D eigenvalue weighted by molar-refractivity contribution is 8.03. The first-order valence-corrected chi connectivity index (χ1v) is 10.2. The number of aliphatic carboxylic acids is 2. The molecule has 0 bridgehead atoms. The van der Waals surface area contributed by atoms with Crippen LogP contribution in [-0.2, 0) is 24.0 Å². The summed E-state index contributed by atoms with van der Waals surface area (Å²) in [5.74, 6) is -5.00. The van der Waals surface area contributed by atoms with Crippen LogP contribution in [0.2, 0.25) is 0 Å². The third kappa shape index (κ3) is 6.87. The van der Waals surface area contributed by atoms with Crippen molar-refractivity contribution >= 4 is 41.4 Å². The predicted octanol–water partition coefficient (Wildman–Crippen LogP) is -0.959. The summed E-state index contributed by atoms with van der Waals surface area (Å²) in [6.07, 6.45) is -1.44. The molecule has 170 valence electrons. The Morgan fingerprint density at radius 3 is 1.83 bits per heavy atom. The number of nitrogens with one attached hydrogen (secondary N) is 3. The number of rotatable bonds is 10. The van der Waals surface area contributed by atoms with Gasteiger partial charge < -0.3 is 31.9 Å². The van der Waals surface area contributed by atoms with Gasteiger partial charge in [-0.05, 0) is 34.6 Å². The van der Waals surface area contributed by atoms with Gasteiger partial charge in [0.1, 0.15) is 12.1 Å². The Bertz CT molecular complexity index is 711. The number of carboxylic acid groups (broad SMARTS) is 2. The summed E-state index contributed by atoms with van der Waals surface area (Å²) in [4.78, 5) is 58.7. The summed E-state index contributed by atoms with van der Waals surface area (Å²) in [5.41, 5.74) is 5.44. The van der Waals surface area contributed by atoms with E-state index in [4.69, 9.17) is 15.9 Å². The molecule has 11 nitrogen and oxygen atoms in total. The lowest BCUT2D eigenvalue weighted by molar-refractivity contribution is -0.142. The zero-order valence-corrected chi connectivity index (χ0v) is 18.5. The normalized spacial score (nSPS) is 20.1. The van der Waals surface area contributed by atoms with E-state index in [2.05, 4.69) is 16.0 Å². The van der Waals surface area contributed by atoms with E-state index in [-0.39, 0.29) is 15.5 Å². The molecule has 0 spiro atoms. The lowest BCUT2D eigenvalue weighted by Gasteiger charge is -2.57. The maximum atomic E-state index is 12.5. The average Bonchev–Trinajstić information content (AvgIpc) is 2.56. The van der Waals surface area contributed by atoms with Crippen molar-refractivity contribution in [1.82, 2.24) is 16.0 Å². The number of carboxylic acids is 2. The van der Waals surface area contributed by atoms with Crippen molar-refractivity contribution in [1.29, 1.82) is 0 Å². The van der Waals surface area contributed by atoms with Crippen molar-refractivity contribution in [3.8, 4) is 0 Å². The Morgan fingerprint density at radius 2 is 1.40 bits per heavy atom. The molecule has 12 heteroatoms. The lowest BCUT2D eigenvalue weighted by atomic mass is 9.89. The van der Waals surface area contributed by atoms with E-state index in [0.717, 1.165) is 0 Å². The Morgan fingerprint density at radius 1 is 0.900 bits per heavy atom. The van der Waals surface area contributed by atoms with Gasteiger partial charge in [-0.15, -0.1) is 11.8 Å². The molecule has 0 aromatic heterocycles. The highest BCUT2D eigenvalue weighted by atomic mass is 32.2. The van der Waals surface area contributed by atoms with Crippen LogP contribution in [0.1, 0.15) is 47.5 Å². The SMILES string of the molecule is C[C@@H](NC(=O)[C@H](CC(=O)O)NC(=O)[C@@H](N)CC(=O)O)C(=O)NC1C(C)(C)SC1(C)C. The van der Waals surface area contributed by atoms with Crippen LogP contribution in [-0.4, -0.2) is 73.5 Å². The van der Waals surface area contributed by atoms with Gasteiger partial charge >= 0.3 is 11.9 Å². The number of amides is 3. The molecule has 3 amide bonds. The van der Waals surface area contributed by atoms with Crippen molar-refractivity contribution in [2.24, 2.45) is 5.73 Å². The Kier molecular flexibility index (Phi) is 8.26. The lowest BCUT2D eigenvalue weighted by Crippen LogP contribution is -2.68. The third-order valence-electron chi connectivity index (χ3n) is 4.70. The summed E-state index contributed by atoms with van der Waals surface area (Å²) in [5, 5.41) is 25.1. The summed E-state index contributed by atoms with van der Waals surface area (Å²) in [6.45, 7) is 9.42. The van der Waals surface area contributed by atoms with E-state index in [1.165, 1.54) is 6.92 Å². The zero-order valence-electron chi connectivity index (χ0n) is 17.6. The van der Waals surface area contributed by atoms with E-state index in [0.29, 0.717) is 0 Å². The van der Waals surface area contributed by atoms with Crippen LogP contribution in [0.5, 0.6) is 0 Å². The molecule has 1 aliphatic heterocycles. The maximum absolute atomic E-state index is 12.5. The first-order chi connectivity index (χ1) is 13.6. The minimum absolute atomic E-state index is 0.134. The van der Waals surface area contributed by atoms with Crippen molar-refractivity contribution in [2.45, 2.75) is 81.1 Å². The van der Waals surface area contributed by atoms with Gasteiger partial charge in [0.15, 0.2) is 0 Å². The van der Waals surface area contributed by atoms with Crippen molar-refractivity contribution < 1.29 is 34.2 Å². The Labute approximate surface area is 178 Å². The minimum atomic E-state index is -1.52. The number of carbonyl (C=O) groups excluding carboxylic acids is 3. The largest absolute Gasteiger partial charge is 0.481 e. The minimum Gasteiger partial charge on any atom is -0.481 e. The molecule has 7 N–H and O–H groups in total. The standard InChI is InChI=1S/C18H30N4O7S/c1-8(13(27)22-16-17(2,3)30-18(16,4)5)20-15(29)10(7-12(25)26)21-14(28)9(19)6-11(23)24/h8-10,16H,6-7,19H2,1-5H3,(H,20,29)(H,21,28)(H,22,27)(H,23,24)(H,25,26)/t8-,9+,10+/m1/s1. The van der Waals surface area contributed by atoms with Crippen LogP contribution < -0.4 is 21.7 Å².